The molecule has 6 heteroatoms. The van der Waals surface area contributed by atoms with Crippen molar-refractivity contribution in [1.82, 2.24) is 5.32 Å². The van der Waals surface area contributed by atoms with Crippen molar-refractivity contribution in [2.75, 3.05) is 19.8 Å². The largest absolute Gasteiger partial charge is 0.490 e. The lowest BCUT2D eigenvalue weighted by Crippen LogP contribution is -2.25. The predicted octanol–water partition coefficient (Wildman–Crippen LogP) is 3.28. The summed E-state index contributed by atoms with van der Waals surface area (Å²) in [5.74, 6) is 0.390. The number of ether oxygens (including phenoxy) is 2. The van der Waals surface area contributed by atoms with Crippen molar-refractivity contribution >= 4 is 11.9 Å². The number of hydrogen-bond acceptors (Lipinski definition) is 4. The summed E-state index contributed by atoms with van der Waals surface area (Å²) in [6, 6.07) is 13.7. The Balaban J connectivity index is 1.64. The fourth-order valence-corrected chi connectivity index (χ4v) is 2.53. The van der Waals surface area contributed by atoms with E-state index in [-0.39, 0.29) is 18.7 Å². The zero-order valence-electron chi connectivity index (χ0n) is 16.4. The van der Waals surface area contributed by atoms with Crippen molar-refractivity contribution in [3.8, 4) is 11.5 Å². The van der Waals surface area contributed by atoms with E-state index in [4.69, 9.17) is 14.6 Å². The molecule has 0 heterocycles. The van der Waals surface area contributed by atoms with Gasteiger partial charge in [-0.3, -0.25) is 9.59 Å². The van der Waals surface area contributed by atoms with E-state index in [1.54, 1.807) is 0 Å². The van der Waals surface area contributed by atoms with E-state index in [1.165, 1.54) is 11.1 Å². The number of hydrogen-bond donors (Lipinski definition) is 2. The third-order valence-electron chi connectivity index (χ3n) is 4.32. The molecular weight excluding hydrogens is 358 g/mol. The van der Waals surface area contributed by atoms with Gasteiger partial charge in [0.05, 0.1) is 6.42 Å². The zero-order valence-corrected chi connectivity index (χ0v) is 16.4. The van der Waals surface area contributed by atoms with Crippen molar-refractivity contribution in [2.45, 2.75) is 33.1 Å². The monoisotopic (exact) mass is 385 g/mol. The Morgan fingerprint density at radius 1 is 0.893 bits per heavy atom. The van der Waals surface area contributed by atoms with Crippen molar-refractivity contribution in [3.63, 3.8) is 0 Å². The van der Waals surface area contributed by atoms with E-state index in [9.17, 15) is 9.59 Å². The lowest BCUT2D eigenvalue weighted by molar-refractivity contribution is -0.138. The second-order valence-electron chi connectivity index (χ2n) is 6.58. The molecule has 0 unspecified atom stereocenters. The highest BCUT2D eigenvalue weighted by atomic mass is 16.5. The molecule has 0 saturated carbocycles. The van der Waals surface area contributed by atoms with Crippen LogP contribution in [0.15, 0.2) is 42.5 Å². The third kappa shape index (κ3) is 7.70. The van der Waals surface area contributed by atoms with Gasteiger partial charge in [0, 0.05) is 13.0 Å². The average molecular weight is 385 g/mol. The number of carboxylic acid groups (broad SMARTS) is 1. The van der Waals surface area contributed by atoms with E-state index in [1.807, 2.05) is 42.5 Å². The van der Waals surface area contributed by atoms with Crippen LogP contribution in [-0.4, -0.2) is 36.7 Å². The number of carbonyl (C=O) groups is 2. The number of carbonyl (C=O) groups excluding carboxylic acids is 1. The fourth-order valence-electron chi connectivity index (χ4n) is 2.53. The first-order valence-corrected chi connectivity index (χ1v) is 9.34. The SMILES string of the molecule is Cc1ccc(OCCOc2ccc(CCNC(=O)CCC(=O)O)cc2)cc1C. The molecule has 0 saturated heterocycles. The van der Waals surface area contributed by atoms with Gasteiger partial charge in [-0.2, -0.15) is 0 Å². The van der Waals surface area contributed by atoms with Crippen LogP contribution >= 0.6 is 0 Å². The molecular formula is C22H27NO5. The number of nitrogens with one attached hydrogen (secondary N) is 1. The highest BCUT2D eigenvalue weighted by Crippen LogP contribution is 2.17. The molecule has 0 aliphatic rings. The van der Waals surface area contributed by atoms with Gasteiger partial charge in [-0.25, -0.2) is 0 Å². The smallest absolute Gasteiger partial charge is 0.303 e. The Kier molecular flexibility index (Phi) is 8.34. The molecule has 2 rings (SSSR count). The number of amides is 1. The van der Waals surface area contributed by atoms with Gasteiger partial charge in [-0.1, -0.05) is 18.2 Å². The minimum atomic E-state index is -0.967. The number of benzene rings is 2. The molecule has 28 heavy (non-hydrogen) atoms. The van der Waals surface area contributed by atoms with Crippen molar-refractivity contribution in [3.05, 3.63) is 59.2 Å². The van der Waals surface area contributed by atoms with Gasteiger partial charge in [0.2, 0.25) is 5.91 Å². The highest BCUT2D eigenvalue weighted by molar-refractivity contribution is 5.80. The summed E-state index contributed by atoms with van der Waals surface area (Å²) in [4.78, 5) is 21.9. The summed E-state index contributed by atoms with van der Waals surface area (Å²) >= 11 is 0. The molecule has 0 bridgehead atoms. The minimum Gasteiger partial charge on any atom is -0.490 e. The lowest BCUT2D eigenvalue weighted by atomic mass is 10.1. The Hall–Kier alpha value is -3.02. The Morgan fingerprint density at radius 3 is 2.18 bits per heavy atom. The molecule has 2 aromatic carbocycles. The standard InChI is InChI=1S/C22H27NO5/c1-16-3-6-20(15-17(16)2)28-14-13-27-19-7-4-18(5-8-19)11-12-23-21(24)9-10-22(25)26/h3-8,15H,9-14H2,1-2H3,(H,23,24)(H,25,26). The van der Waals surface area contributed by atoms with Crippen LogP contribution in [0.1, 0.15) is 29.5 Å². The van der Waals surface area contributed by atoms with E-state index in [0.29, 0.717) is 26.2 Å². The van der Waals surface area contributed by atoms with Crippen LogP contribution in [0.5, 0.6) is 11.5 Å². The predicted molar refractivity (Wildman–Crippen MR) is 107 cm³/mol. The lowest BCUT2D eigenvalue weighted by Gasteiger charge is -2.10. The van der Waals surface area contributed by atoms with Crippen LogP contribution in [0.4, 0.5) is 0 Å². The van der Waals surface area contributed by atoms with Crippen molar-refractivity contribution < 1.29 is 24.2 Å². The number of rotatable bonds is 11. The average Bonchev–Trinajstić information content (AvgIpc) is 2.67. The normalized spacial score (nSPS) is 10.4. The van der Waals surface area contributed by atoms with Crippen molar-refractivity contribution in [1.29, 1.82) is 0 Å². The molecule has 1 amide bonds. The van der Waals surface area contributed by atoms with Crippen LogP contribution in [0, 0.1) is 13.8 Å². The van der Waals surface area contributed by atoms with Gasteiger partial charge in [-0.15, -0.1) is 0 Å². The second kappa shape index (κ2) is 11.0. The summed E-state index contributed by atoms with van der Waals surface area (Å²) in [5.41, 5.74) is 3.51. The first-order chi connectivity index (χ1) is 13.4. The number of aryl methyl sites for hydroxylation is 2. The van der Waals surface area contributed by atoms with Gasteiger partial charge in [0.25, 0.3) is 0 Å². The summed E-state index contributed by atoms with van der Waals surface area (Å²) in [6.07, 6.45) is 0.534. The quantitative estimate of drug-likeness (QED) is 0.580. The van der Waals surface area contributed by atoms with E-state index < -0.39 is 5.97 Å². The van der Waals surface area contributed by atoms with Gasteiger partial charge < -0.3 is 19.9 Å². The first-order valence-electron chi connectivity index (χ1n) is 9.34. The molecule has 150 valence electrons. The summed E-state index contributed by atoms with van der Waals surface area (Å²) < 4.78 is 11.4. The Labute approximate surface area is 165 Å². The molecule has 0 aromatic heterocycles. The van der Waals surface area contributed by atoms with Gasteiger partial charge in [-0.05, 0) is 61.2 Å². The summed E-state index contributed by atoms with van der Waals surface area (Å²) in [6.45, 7) is 5.52. The van der Waals surface area contributed by atoms with Crippen LogP contribution < -0.4 is 14.8 Å². The molecule has 6 nitrogen and oxygen atoms in total. The summed E-state index contributed by atoms with van der Waals surface area (Å²) in [5, 5.41) is 11.3. The van der Waals surface area contributed by atoms with Crippen LogP contribution in [0.25, 0.3) is 0 Å². The summed E-state index contributed by atoms with van der Waals surface area (Å²) in [7, 11) is 0. The van der Waals surface area contributed by atoms with Crippen LogP contribution in [-0.2, 0) is 16.0 Å². The maximum absolute atomic E-state index is 11.5. The molecule has 2 N–H and O–H groups in total. The molecule has 0 atom stereocenters. The second-order valence-corrected chi connectivity index (χ2v) is 6.58. The third-order valence-corrected chi connectivity index (χ3v) is 4.32. The molecule has 2 aromatic rings. The molecule has 0 radical (unpaired) electrons. The van der Waals surface area contributed by atoms with Crippen molar-refractivity contribution in [2.24, 2.45) is 0 Å². The number of carboxylic acids is 1. The van der Waals surface area contributed by atoms with Gasteiger partial charge >= 0.3 is 5.97 Å². The van der Waals surface area contributed by atoms with E-state index in [0.717, 1.165) is 17.1 Å². The van der Waals surface area contributed by atoms with Gasteiger partial charge in [0.15, 0.2) is 0 Å². The van der Waals surface area contributed by atoms with Crippen LogP contribution in [0.3, 0.4) is 0 Å². The molecule has 0 spiro atoms. The Morgan fingerprint density at radius 2 is 1.54 bits per heavy atom. The maximum Gasteiger partial charge on any atom is 0.303 e. The topological polar surface area (TPSA) is 84.9 Å². The van der Waals surface area contributed by atoms with Gasteiger partial charge in [0.1, 0.15) is 24.7 Å². The maximum atomic E-state index is 11.5. The highest BCUT2D eigenvalue weighted by Gasteiger charge is 2.05. The first kappa shape index (κ1) is 21.3. The van der Waals surface area contributed by atoms with E-state index in [2.05, 4.69) is 19.2 Å². The zero-order chi connectivity index (χ0) is 20.4. The molecule has 0 fully saturated rings. The Bertz CT molecular complexity index is 786. The fraction of sp³-hybridized carbons (Fsp3) is 0.364. The van der Waals surface area contributed by atoms with E-state index >= 15 is 0 Å². The number of aliphatic carboxylic acids is 1. The molecule has 0 aliphatic heterocycles. The van der Waals surface area contributed by atoms with Crippen LogP contribution in [0.2, 0.25) is 0 Å². The minimum absolute atomic E-state index is 0.00629. The molecule has 0 aliphatic carbocycles.